The van der Waals surface area contributed by atoms with E-state index >= 15 is 0 Å². The highest BCUT2D eigenvalue weighted by Crippen LogP contribution is 2.55. The third kappa shape index (κ3) is 3.09. The van der Waals surface area contributed by atoms with Crippen LogP contribution in [-0.2, 0) is 19.2 Å². The molecule has 5 rings (SSSR count). The normalized spacial score (nSPS) is 31.6. The Hall–Kier alpha value is -2.36. The van der Waals surface area contributed by atoms with Gasteiger partial charge in [0.05, 0.1) is 10.8 Å². The summed E-state index contributed by atoms with van der Waals surface area (Å²) in [4.78, 5) is 52.4. The van der Waals surface area contributed by atoms with E-state index in [0.717, 1.165) is 22.3 Å². The van der Waals surface area contributed by atoms with Gasteiger partial charge in [-0.25, -0.2) is 0 Å². The Morgan fingerprint density at radius 1 is 0.438 bits per heavy atom. The topological polar surface area (TPSA) is 68.3 Å². The maximum Gasteiger partial charge on any atom is 0.147 e. The van der Waals surface area contributed by atoms with Gasteiger partial charge >= 0.3 is 0 Å². The first-order chi connectivity index (χ1) is 14.9. The minimum Gasteiger partial charge on any atom is -0.299 e. The molecule has 0 bridgehead atoms. The van der Waals surface area contributed by atoms with Crippen LogP contribution in [0.25, 0.3) is 0 Å². The van der Waals surface area contributed by atoms with Crippen molar-refractivity contribution in [2.45, 2.75) is 79.1 Å². The van der Waals surface area contributed by atoms with E-state index in [4.69, 9.17) is 0 Å². The van der Waals surface area contributed by atoms with Crippen molar-refractivity contribution in [1.82, 2.24) is 0 Å². The van der Waals surface area contributed by atoms with Crippen LogP contribution >= 0.6 is 0 Å². The summed E-state index contributed by atoms with van der Waals surface area (Å²) >= 11 is 0. The predicted octanol–water partition coefficient (Wildman–Crippen LogP) is 5.18. The molecule has 0 aromatic carbocycles. The molecule has 0 N–H and O–H groups in total. The molecule has 4 heteroatoms. The van der Waals surface area contributed by atoms with Crippen LogP contribution in [0, 0.1) is 21.7 Å². The Morgan fingerprint density at radius 3 is 0.875 bits per heavy atom. The van der Waals surface area contributed by atoms with Crippen molar-refractivity contribution in [3.63, 3.8) is 0 Å². The standard InChI is InChI=1S/C28H32O4/c1-25(2)13-21(29)27(22(30)14-25)9-17-5-7-19-11-28(12-20(19)8-6-18(17)10-27)23(31)15-26(3,4)16-24(28)32/h5-8H,9-16H2,1-4H3/b7-5-,8-6-,17-5?,18-6?,19-7?,20-8?. The highest BCUT2D eigenvalue weighted by atomic mass is 16.2. The van der Waals surface area contributed by atoms with E-state index in [1.54, 1.807) is 0 Å². The lowest BCUT2D eigenvalue weighted by molar-refractivity contribution is -0.149. The van der Waals surface area contributed by atoms with Crippen molar-refractivity contribution in [2.75, 3.05) is 0 Å². The summed E-state index contributed by atoms with van der Waals surface area (Å²) in [5, 5.41) is 0. The summed E-state index contributed by atoms with van der Waals surface area (Å²) in [7, 11) is 0. The van der Waals surface area contributed by atoms with Gasteiger partial charge in [-0.2, -0.15) is 0 Å². The van der Waals surface area contributed by atoms with E-state index in [2.05, 4.69) is 0 Å². The minimum atomic E-state index is -0.897. The molecule has 0 aliphatic heterocycles. The van der Waals surface area contributed by atoms with Crippen LogP contribution in [0.4, 0.5) is 0 Å². The van der Waals surface area contributed by atoms with Crippen LogP contribution in [0.5, 0.6) is 0 Å². The van der Waals surface area contributed by atoms with Gasteiger partial charge in [0, 0.05) is 25.7 Å². The molecule has 168 valence electrons. The fourth-order valence-corrected chi connectivity index (χ4v) is 6.59. The van der Waals surface area contributed by atoms with Crippen molar-refractivity contribution in [2.24, 2.45) is 21.7 Å². The molecule has 4 nitrogen and oxygen atoms in total. The number of carbonyl (C=O) groups excluding carboxylic acids is 4. The maximum atomic E-state index is 13.1. The van der Waals surface area contributed by atoms with Crippen molar-refractivity contribution >= 4 is 23.1 Å². The number of rotatable bonds is 0. The van der Waals surface area contributed by atoms with E-state index < -0.39 is 10.8 Å². The van der Waals surface area contributed by atoms with Gasteiger partial charge in [-0.05, 0) is 58.8 Å². The third-order valence-corrected chi connectivity index (χ3v) is 8.46. The first-order valence-corrected chi connectivity index (χ1v) is 11.8. The molecule has 0 aromatic heterocycles. The molecule has 0 saturated heterocycles. The molecule has 0 heterocycles. The number of hydrogen-bond donors (Lipinski definition) is 0. The number of Topliss-reactive ketones (excluding diaryl/α,β-unsaturated/α-hetero) is 4. The Labute approximate surface area is 189 Å². The zero-order chi connectivity index (χ0) is 23.1. The van der Waals surface area contributed by atoms with Gasteiger partial charge < -0.3 is 0 Å². The van der Waals surface area contributed by atoms with Crippen LogP contribution in [-0.4, -0.2) is 23.1 Å². The average Bonchev–Trinajstić information content (AvgIpc) is 3.19. The van der Waals surface area contributed by atoms with Crippen molar-refractivity contribution in [3.8, 4) is 0 Å². The Balaban J connectivity index is 1.40. The van der Waals surface area contributed by atoms with E-state index in [-0.39, 0.29) is 34.0 Å². The first-order valence-electron chi connectivity index (χ1n) is 11.8. The second-order valence-corrected chi connectivity index (χ2v) is 12.4. The highest BCUT2D eigenvalue weighted by molar-refractivity contribution is 6.11. The fourth-order valence-electron chi connectivity index (χ4n) is 6.59. The second kappa shape index (κ2) is 6.59. The van der Waals surface area contributed by atoms with Gasteiger partial charge in [0.15, 0.2) is 0 Å². The number of ketones is 4. The van der Waals surface area contributed by atoms with Gasteiger partial charge in [-0.3, -0.25) is 19.2 Å². The van der Waals surface area contributed by atoms with Crippen LogP contribution in [0.1, 0.15) is 79.1 Å². The second-order valence-electron chi connectivity index (χ2n) is 12.4. The molecule has 5 aliphatic carbocycles. The minimum absolute atomic E-state index is 0.0766. The zero-order valence-corrected chi connectivity index (χ0v) is 19.6. The lowest BCUT2D eigenvalue weighted by atomic mass is 9.61. The number of allylic oxidation sites excluding steroid dienone is 8. The largest absolute Gasteiger partial charge is 0.299 e. The monoisotopic (exact) mass is 432 g/mol. The quantitative estimate of drug-likeness (QED) is 0.495. The van der Waals surface area contributed by atoms with Gasteiger partial charge in [-0.1, -0.05) is 52.0 Å². The van der Waals surface area contributed by atoms with Crippen molar-refractivity contribution in [1.29, 1.82) is 0 Å². The summed E-state index contributed by atoms with van der Waals surface area (Å²) in [5.41, 5.74) is 1.85. The van der Waals surface area contributed by atoms with E-state index in [1.165, 1.54) is 0 Å². The lowest BCUT2D eigenvalue weighted by Crippen LogP contribution is -2.46. The molecular formula is C28H32O4. The molecule has 0 amide bonds. The van der Waals surface area contributed by atoms with Crippen molar-refractivity contribution in [3.05, 3.63) is 46.6 Å². The SMILES string of the molecule is CC1(C)CC(=O)C2(CC3=C(/C=C\C4=C(/C=C\3)CC3(C4)C(=O)CC(C)(C)CC3=O)C2)C(=O)C1. The van der Waals surface area contributed by atoms with Gasteiger partial charge in [0.1, 0.15) is 23.1 Å². The van der Waals surface area contributed by atoms with Crippen molar-refractivity contribution < 1.29 is 19.2 Å². The van der Waals surface area contributed by atoms with E-state index in [0.29, 0.717) is 51.4 Å². The summed E-state index contributed by atoms with van der Waals surface area (Å²) < 4.78 is 0. The molecule has 2 saturated carbocycles. The average molecular weight is 433 g/mol. The van der Waals surface area contributed by atoms with Gasteiger partial charge in [-0.15, -0.1) is 0 Å². The lowest BCUT2D eigenvalue weighted by Gasteiger charge is -2.39. The van der Waals surface area contributed by atoms with Gasteiger partial charge in [0.25, 0.3) is 0 Å². The molecule has 0 unspecified atom stereocenters. The number of hydrogen-bond acceptors (Lipinski definition) is 4. The van der Waals surface area contributed by atoms with E-state index in [9.17, 15) is 19.2 Å². The van der Waals surface area contributed by atoms with Crippen LogP contribution in [0.2, 0.25) is 0 Å². The van der Waals surface area contributed by atoms with E-state index in [1.807, 2.05) is 52.0 Å². The molecule has 0 radical (unpaired) electrons. The van der Waals surface area contributed by atoms with Crippen LogP contribution in [0.3, 0.4) is 0 Å². The smallest absolute Gasteiger partial charge is 0.147 e. The van der Waals surface area contributed by atoms with Crippen LogP contribution in [0.15, 0.2) is 46.6 Å². The zero-order valence-electron chi connectivity index (χ0n) is 19.6. The Kier molecular flexibility index (Phi) is 4.42. The van der Waals surface area contributed by atoms with Crippen LogP contribution < -0.4 is 0 Å². The first kappa shape index (κ1) is 21.5. The highest BCUT2D eigenvalue weighted by Gasteiger charge is 2.56. The molecule has 0 aromatic rings. The Morgan fingerprint density at radius 2 is 0.656 bits per heavy atom. The summed E-state index contributed by atoms with van der Waals surface area (Å²) in [6, 6.07) is 0. The molecule has 0 atom stereocenters. The summed E-state index contributed by atoms with van der Waals surface area (Å²) in [6.45, 7) is 7.97. The summed E-state index contributed by atoms with van der Waals surface area (Å²) in [5.74, 6) is 0.307. The van der Waals surface area contributed by atoms with Gasteiger partial charge in [0.2, 0.25) is 0 Å². The Bertz CT molecular complexity index is 934. The molecule has 2 fully saturated rings. The molecule has 32 heavy (non-hydrogen) atoms. The molecular weight excluding hydrogens is 400 g/mol. The maximum absolute atomic E-state index is 13.1. The third-order valence-electron chi connectivity index (χ3n) is 8.46. The fraction of sp³-hybridized carbons (Fsp3) is 0.571. The molecule has 5 aliphatic rings. The number of carbonyl (C=O) groups is 4. The predicted molar refractivity (Wildman–Crippen MR) is 122 cm³/mol. The molecule has 2 spiro atoms. The summed E-state index contributed by atoms with van der Waals surface area (Å²) in [6.07, 6.45) is 11.8.